The summed E-state index contributed by atoms with van der Waals surface area (Å²) in [6.45, 7) is 4.74. The number of rotatable bonds is 16. The molecule has 33 heavy (non-hydrogen) atoms. The smallest absolute Gasteiger partial charge is 0.0681 e. The highest BCUT2D eigenvalue weighted by Gasteiger charge is 2.42. The zero-order valence-electron chi connectivity index (χ0n) is 21.2. The van der Waals surface area contributed by atoms with Crippen LogP contribution in [0.2, 0.25) is 0 Å². The van der Waals surface area contributed by atoms with Crippen molar-refractivity contribution in [2.75, 3.05) is 0 Å². The van der Waals surface area contributed by atoms with Gasteiger partial charge >= 0.3 is 0 Å². The van der Waals surface area contributed by atoms with Gasteiger partial charge in [0.05, 0.1) is 13.2 Å². The van der Waals surface area contributed by atoms with Crippen molar-refractivity contribution in [3.63, 3.8) is 0 Å². The van der Waals surface area contributed by atoms with E-state index in [9.17, 15) is 10.2 Å². The fraction of sp³-hybridized carbons (Fsp3) is 0.613. The van der Waals surface area contributed by atoms with Crippen LogP contribution in [-0.2, 0) is 18.6 Å². The molecule has 0 aromatic heterocycles. The summed E-state index contributed by atoms with van der Waals surface area (Å²) < 4.78 is 0. The Balaban J connectivity index is 1.91. The lowest BCUT2D eigenvalue weighted by atomic mass is 9.70. The van der Waals surface area contributed by atoms with Crippen LogP contribution in [0.25, 0.3) is 11.1 Å². The second-order valence-electron chi connectivity index (χ2n) is 10.2. The maximum Gasteiger partial charge on any atom is 0.0681 e. The van der Waals surface area contributed by atoms with E-state index in [2.05, 4.69) is 50.2 Å². The van der Waals surface area contributed by atoms with Gasteiger partial charge in [0, 0.05) is 5.41 Å². The first-order valence-corrected chi connectivity index (χ1v) is 13.7. The number of benzene rings is 2. The lowest BCUT2D eigenvalue weighted by Gasteiger charge is -2.33. The molecule has 2 aromatic carbocycles. The molecule has 0 atom stereocenters. The van der Waals surface area contributed by atoms with Crippen LogP contribution in [0.1, 0.15) is 126 Å². The fourth-order valence-electron chi connectivity index (χ4n) is 5.86. The Hall–Kier alpha value is -1.64. The topological polar surface area (TPSA) is 40.5 Å². The Bertz CT molecular complexity index is 782. The predicted molar refractivity (Wildman–Crippen MR) is 140 cm³/mol. The first-order valence-electron chi connectivity index (χ1n) is 13.7. The third-order valence-electron chi connectivity index (χ3n) is 7.77. The number of hydrogen-bond acceptors (Lipinski definition) is 2. The first-order chi connectivity index (χ1) is 16.2. The number of hydrogen-bond donors (Lipinski definition) is 2. The molecule has 0 amide bonds. The summed E-state index contributed by atoms with van der Waals surface area (Å²) in [7, 11) is 0. The molecule has 0 saturated heterocycles. The lowest BCUT2D eigenvalue weighted by Crippen LogP contribution is -2.26. The SMILES string of the molecule is CCCCCCCCC1(CCCCCCCC)c2cc(CO)ccc2-c2ccc(CO)cc21. The average Bonchev–Trinajstić information content (AvgIpc) is 3.12. The van der Waals surface area contributed by atoms with Crippen molar-refractivity contribution in [1.29, 1.82) is 0 Å². The normalized spacial score (nSPS) is 13.8. The minimum atomic E-state index is 0.0105. The van der Waals surface area contributed by atoms with Crippen molar-refractivity contribution in [1.82, 2.24) is 0 Å². The molecule has 0 fully saturated rings. The standard InChI is InChI=1S/C31H46O2/c1-3-5-7-9-11-13-19-31(20-14-12-10-8-6-4-2)29-21-25(23-32)15-17-27(29)28-18-16-26(24-33)22-30(28)31/h15-18,21-22,32-33H,3-14,19-20,23-24H2,1-2H3. The molecule has 0 saturated carbocycles. The van der Waals surface area contributed by atoms with Gasteiger partial charge < -0.3 is 10.2 Å². The van der Waals surface area contributed by atoms with Crippen LogP contribution in [0.4, 0.5) is 0 Å². The van der Waals surface area contributed by atoms with E-state index in [0.717, 1.165) is 24.0 Å². The van der Waals surface area contributed by atoms with E-state index in [1.807, 2.05) is 0 Å². The van der Waals surface area contributed by atoms with Crippen molar-refractivity contribution in [3.8, 4) is 11.1 Å². The monoisotopic (exact) mass is 450 g/mol. The van der Waals surface area contributed by atoms with E-state index in [0.29, 0.717) is 0 Å². The highest BCUT2D eigenvalue weighted by molar-refractivity contribution is 5.81. The molecule has 1 aliphatic carbocycles. The largest absolute Gasteiger partial charge is 0.392 e. The summed E-state index contributed by atoms with van der Waals surface area (Å²) in [6, 6.07) is 13.2. The minimum absolute atomic E-state index is 0.0105. The van der Waals surface area contributed by atoms with E-state index in [-0.39, 0.29) is 18.6 Å². The van der Waals surface area contributed by atoms with E-state index < -0.39 is 0 Å². The zero-order chi connectivity index (χ0) is 23.5. The quantitative estimate of drug-likeness (QED) is 0.252. The van der Waals surface area contributed by atoms with Gasteiger partial charge in [-0.3, -0.25) is 0 Å². The van der Waals surface area contributed by atoms with Gasteiger partial charge in [-0.2, -0.15) is 0 Å². The van der Waals surface area contributed by atoms with Crippen LogP contribution in [0.3, 0.4) is 0 Å². The van der Waals surface area contributed by atoms with Crippen LogP contribution in [0.15, 0.2) is 36.4 Å². The summed E-state index contributed by atoms with van der Waals surface area (Å²) in [4.78, 5) is 0. The Morgan fingerprint density at radius 2 is 0.939 bits per heavy atom. The van der Waals surface area contributed by atoms with Crippen molar-refractivity contribution in [3.05, 3.63) is 58.7 Å². The molecule has 1 aliphatic rings. The van der Waals surface area contributed by atoms with Crippen LogP contribution in [0.5, 0.6) is 0 Å². The Labute approximate surface area is 202 Å². The molecule has 0 spiro atoms. The number of unbranched alkanes of at least 4 members (excludes halogenated alkanes) is 10. The molecule has 182 valence electrons. The van der Waals surface area contributed by atoms with Gasteiger partial charge in [-0.15, -0.1) is 0 Å². The first kappa shape index (κ1) is 26.0. The van der Waals surface area contributed by atoms with E-state index in [1.165, 1.54) is 99.3 Å². The second-order valence-corrected chi connectivity index (χ2v) is 10.2. The van der Waals surface area contributed by atoms with Gasteiger partial charge in [0.2, 0.25) is 0 Å². The van der Waals surface area contributed by atoms with Gasteiger partial charge in [-0.05, 0) is 46.2 Å². The second kappa shape index (κ2) is 13.3. The molecular weight excluding hydrogens is 404 g/mol. The Morgan fingerprint density at radius 1 is 0.545 bits per heavy atom. The summed E-state index contributed by atoms with van der Waals surface area (Å²) in [6.07, 6.45) is 18.0. The van der Waals surface area contributed by atoms with Crippen LogP contribution in [0, 0.1) is 0 Å². The molecule has 3 rings (SSSR count). The van der Waals surface area contributed by atoms with E-state index in [1.54, 1.807) is 0 Å². The van der Waals surface area contributed by atoms with Crippen molar-refractivity contribution in [2.24, 2.45) is 0 Å². The lowest BCUT2D eigenvalue weighted by molar-refractivity contribution is 0.281. The number of aliphatic hydroxyl groups is 2. The summed E-state index contributed by atoms with van der Waals surface area (Å²) >= 11 is 0. The molecule has 0 aliphatic heterocycles. The maximum absolute atomic E-state index is 9.90. The Morgan fingerprint density at radius 3 is 1.33 bits per heavy atom. The molecule has 0 unspecified atom stereocenters. The van der Waals surface area contributed by atoms with Gasteiger partial charge in [-0.1, -0.05) is 127 Å². The fourth-order valence-corrected chi connectivity index (χ4v) is 5.86. The van der Waals surface area contributed by atoms with Gasteiger partial charge in [0.1, 0.15) is 0 Å². The van der Waals surface area contributed by atoms with E-state index >= 15 is 0 Å². The van der Waals surface area contributed by atoms with Crippen molar-refractivity contribution >= 4 is 0 Å². The minimum Gasteiger partial charge on any atom is -0.392 e. The van der Waals surface area contributed by atoms with Crippen LogP contribution in [-0.4, -0.2) is 10.2 Å². The highest BCUT2D eigenvalue weighted by atomic mass is 16.3. The van der Waals surface area contributed by atoms with E-state index in [4.69, 9.17) is 0 Å². The summed E-state index contributed by atoms with van der Waals surface area (Å²) in [5.41, 5.74) is 7.55. The van der Waals surface area contributed by atoms with Gasteiger partial charge in [0.25, 0.3) is 0 Å². The molecular formula is C31H46O2. The Kier molecular flexibility index (Phi) is 10.5. The van der Waals surface area contributed by atoms with Gasteiger partial charge in [0.15, 0.2) is 0 Å². The molecule has 0 radical (unpaired) electrons. The predicted octanol–water partition coefficient (Wildman–Crippen LogP) is 8.44. The summed E-state index contributed by atoms with van der Waals surface area (Å²) in [5.74, 6) is 0. The van der Waals surface area contributed by atoms with Gasteiger partial charge in [-0.25, -0.2) is 0 Å². The molecule has 2 nitrogen and oxygen atoms in total. The van der Waals surface area contributed by atoms with Crippen LogP contribution < -0.4 is 0 Å². The van der Waals surface area contributed by atoms with Crippen molar-refractivity contribution < 1.29 is 10.2 Å². The third kappa shape index (κ3) is 6.28. The third-order valence-corrected chi connectivity index (χ3v) is 7.77. The maximum atomic E-state index is 9.90. The van der Waals surface area contributed by atoms with Crippen molar-refractivity contribution in [2.45, 2.75) is 122 Å². The zero-order valence-corrected chi connectivity index (χ0v) is 21.2. The highest BCUT2D eigenvalue weighted by Crippen LogP contribution is 2.54. The molecule has 2 heteroatoms. The number of aliphatic hydroxyl groups excluding tert-OH is 2. The molecule has 2 aromatic rings. The van der Waals surface area contributed by atoms with Crippen LogP contribution >= 0.6 is 0 Å². The number of fused-ring (bicyclic) bond motifs is 3. The average molecular weight is 451 g/mol. The molecule has 2 N–H and O–H groups in total. The molecule has 0 heterocycles. The summed E-state index contributed by atoms with van der Waals surface area (Å²) in [5, 5.41) is 19.8. The molecule has 0 bridgehead atoms.